The van der Waals surface area contributed by atoms with Gasteiger partial charge in [-0.25, -0.2) is 0 Å². The maximum Gasteiger partial charge on any atom is 0.139 e. The summed E-state index contributed by atoms with van der Waals surface area (Å²) in [7, 11) is 0. The van der Waals surface area contributed by atoms with Crippen molar-refractivity contribution in [2.45, 2.75) is 77.0 Å². The van der Waals surface area contributed by atoms with Crippen LogP contribution >= 0.6 is 0 Å². The molecule has 3 nitrogen and oxygen atoms in total. The van der Waals surface area contributed by atoms with Gasteiger partial charge in [-0.15, -0.1) is 0 Å². The van der Waals surface area contributed by atoms with Crippen molar-refractivity contribution in [3.63, 3.8) is 0 Å². The van der Waals surface area contributed by atoms with Gasteiger partial charge in [-0.1, -0.05) is 25.8 Å². The Hall–Kier alpha value is -1.82. The van der Waals surface area contributed by atoms with E-state index in [4.69, 9.17) is 5.26 Å². The number of aromatic hydroxyl groups is 1. The van der Waals surface area contributed by atoms with Crippen molar-refractivity contribution in [2.75, 3.05) is 0 Å². The number of rotatable bonds is 5. The molecule has 1 aromatic rings. The summed E-state index contributed by atoms with van der Waals surface area (Å²) in [4.78, 5) is 12.7. The first-order chi connectivity index (χ1) is 13.0. The summed E-state index contributed by atoms with van der Waals surface area (Å²) in [6.45, 7) is 2.24. The molecule has 4 rings (SSSR count). The molecule has 2 fully saturated rings. The number of unbranched alkanes of at least 4 members (excludes halogenated alkanes) is 3. The van der Waals surface area contributed by atoms with Crippen LogP contribution in [0.4, 0.5) is 0 Å². The third-order valence-electron chi connectivity index (χ3n) is 7.96. The monoisotopic (exact) mass is 365 g/mol. The lowest BCUT2D eigenvalue weighted by atomic mass is 9.52. The van der Waals surface area contributed by atoms with Crippen molar-refractivity contribution in [1.29, 1.82) is 5.26 Å². The minimum atomic E-state index is -0.103. The molecule has 0 radical (unpaired) electrons. The van der Waals surface area contributed by atoms with Gasteiger partial charge in [-0.2, -0.15) is 5.26 Å². The third kappa shape index (κ3) is 3.18. The zero-order valence-corrected chi connectivity index (χ0v) is 16.4. The quantitative estimate of drug-likeness (QED) is 0.699. The van der Waals surface area contributed by atoms with Crippen LogP contribution in [0.5, 0.6) is 5.75 Å². The molecule has 0 unspecified atom stereocenters. The minimum Gasteiger partial charge on any atom is -0.508 e. The van der Waals surface area contributed by atoms with E-state index in [1.165, 1.54) is 24.0 Å². The molecule has 3 aliphatic rings. The molecule has 2 saturated carbocycles. The first-order valence-electron chi connectivity index (χ1n) is 10.8. The molecular formula is C24H31NO2. The Morgan fingerprint density at radius 2 is 2.11 bits per heavy atom. The number of hydrogen-bond donors (Lipinski definition) is 1. The van der Waals surface area contributed by atoms with Gasteiger partial charge in [-0.05, 0) is 85.5 Å². The highest BCUT2D eigenvalue weighted by Crippen LogP contribution is 2.61. The van der Waals surface area contributed by atoms with E-state index < -0.39 is 0 Å². The van der Waals surface area contributed by atoms with E-state index in [2.05, 4.69) is 19.1 Å². The van der Waals surface area contributed by atoms with Crippen molar-refractivity contribution in [2.24, 2.45) is 23.2 Å². The zero-order valence-electron chi connectivity index (χ0n) is 16.4. The summed E-state index contributed by atoms with van der Waals surface area (Å²) >= 11 is 0. The first-order valence-corrected chi connectivity index (χ1v) is 10.8. The molecule has 0 spiro atoms. The van der Waals surface area contributed by atoms with Gasteiger partial charge >= 0.3 is 0 Å². The number of phenolic OH excluding ortho intramolecular Hbond substituents is 1. The average Bonchev–Trinajstić information content (AvgIpc) is 2.96. The molecule has 0 heterocycles. The van der Waals surface area contributed by atoms with Gasteiger partial charge < -0.3 is 5.11 Å². The van der Waals surface area contributed by atoms with Crippen molar-refractivity contribution in [1.82, 2.24) is 0 Å². The van der Waals surface area contributed by atoms with Gasteiger partial charge in [0, 0.05) is 18.3 Å². The van der Waals surface area contributed by atoms with Crippen molar-refractivity contribution < 1.29 is 9.90 Å². The summed E-state index contributed by atoms with van der Waals surface area (Å²) in [6, 6.07) is 8.20. The maximum absolute atomic E-state index is 12.7. The Morgan fingerprint density at radius 1 is 1.26 bits per heavy atom. The SMILES string of the molecule is C[C@]12CC[C@@H]3c4ccc(O)cc4C[C@H](CCCCCC#N)[C@H]3[C@@H]1CCC2=O. The van der Waals surface area contributed by atoms with Gasteiger partial charge in [0.1, 0.15) is 11.5 Å². The van der Waals surface area contributed by atoms with Gasteiger partial charge in [0.25, 0.3) is 0 Å². The Morgan fingerprint density at radius 3 is 2.93 bits per heavy atom. The van der Waals surface area contributed by atoms with Gasteiger partial charge in [-0.3, -0.25) is 4.79 Å². The van der Waals surface area contributed by atoms with E-state index in [9.17, 15) is 9.90 Å². The smallest absolute Gasteiger partial charge is 0.139 e. The molecule has 3 aliphatic carbocycles. The highest BCUT2D eigenvalue weighted by atomic mass is 16.3. The number of nitriles is 1. The Kier molecular flexibility index (Phi) is 5.01. The van der Waals surface area contributed by atoms with Crippen LogP contribution in [0.2, 0.25) is 0 Å². The average molecular weight is 366 g/mol. The van der Waals surface area contributed by atoms with Crippen molar-refractivity contribution in [3.8, 4) is 11.8 Å². The lowest BCUT2D eigenvalue weighted by Crippen LogP contribution is -2.46. The number of phenols is 1. The van der Waals surface area contributed by atoms with E-state index in [1.807, 2.05) is 12.1 Å². The summed E-state index contributed by atoms with van der Waals surface area (Å²) in [5.41, 5.74) is 2.65. The molecule has 27 heavy (non-hydrogen) atoms. The van der Waals surface area contributed by atoms with Crippen molar-refractivity contribution >= 4 is 5.78 Å². The van der Waals surface area contributed by atoms with E-state index in [0.29, 0.717) is 41.6 Å². The van der Waals surface area contributed by atoms with E-state index >= 15 is 0 Å². The maximum atomic E-state index is 12.7. The number of carbonyl (C=O) groups is 1. The van der Waals surface area contributed by atoms with Crippen LogP contribution in [-0.2, 0) is 11.2 Å². The van der Waals surface area contributed by atoms with Crippen molar-refractivity contribution in [3.05, 3.63) is 29.3 Å². The number of ketones is 1. The predicted molar refractivity (Wildman–Crippen MR) is 105 cm³/mol. The van der Waals surface area contributed by atoms with Crippen LogP contribution in [0.25, 0.3) is 0 Å². The largest absolute Gasteiger partial charge is 0.508 e. The molecule has 0 amide bonds. The highest BCUT2D eigenvalue weighted by Gasteiger charge is 2.56. The summed E-state index contributed by atoms with van der Waals surface area (Å²) < 4.78 is 0. The summed E-state index contributed by atoms with van der Waals surface area (Å²) in [5.74, 6) is 3.13. The first kappa shape index (κ1) is 18.5. The Bertz CT molecular complexity index is 764. The molecule has 0 saturated heterocycles. The fourth-order valence-corrected chi connectivity index (χ4v) is 6.62. The number of carbonyl (C=O) groups excluding carboxylic acids is 1. The molecule has 1 aromatic carbocycles. The fraction of sp³-hybridized carbons (Fsp3) is 0.667. The van der Waals surface area contributed by atoms with Crippen LogP contribution < -0.4 is 0 Å². The lowest BCUT2D eigenvalue weighted by Gasteiger charge is -2.51. The highest BCUT2D eigenvalue weighted by molar-refractivity contribution is 5.87. The molecule has 0 aliphatic heterocycles. The van der Waals surface area contributed by atoms with Crippen LogP contribution in [0.1, 0.15) is 81.8 Å². The van der Waals surface area contributed by atoms with E-state index in [-0.39, 0.29) is 5.41 Å². The normalized spacial score (nSPS) is 34.4. The molecule has 0 aromatic heterocycles. The molecular weight excluding hydrogens is 334 g/mol. The van der Waals surface area contributed by atoms with E-state index in [1.54, 1.807) is 0 Å². The molecule has 3 heteroatoms. The topological polar surface area (TPSA) is 61.1 Å². The lowest BCUT2D eigenvalue weighted by molar-refractivity contribution is -0.130. The van der Waals surface area contributed by atoms with Gasteiger partial charge in [0.2, 0.25) is 0 Å². The standard InChI is InChI=1S/C24H31NO2/c1-24-12-11-20-19-8-7-18(26)15-17(19)14-16(6-4-2-3-5-13-25)23(20)21(24)9-10-22(24)27/h7-8,15-16,20-21,23,26H,2-6,9-12,14H2,1H3/t16-,20+,21-,23+,24-/m0/s1. The van der Waals surface area contributed by atoms with Crippen LogP contribution in [-0.4, -0.2) is 10.9 Å². The second kappa shape index (κ2) is 7.30. The third-order valence-corrected chi connectivity index (χ3v) is 7.96. The Balaban J connectivity index is 1.61. The fourth-order valence-electron chi connectivity index (χ4n) is 6.62. The number of Topliss-reactive ketones (excluding diaryl/α,β-unsaturated/α-hetero) is 1. The molecule has 0 bridgehead atoms. The molecule has 144 valence electrons. The van der Waals surface area contributed by atoms with Crippen LogP contribution in [0, 0.1) is 34.5 Å². The van der Waals surface area contributed by atoms with Gasteiger partial charge in [0.05, 0.1) is 6.07 Å². The summed E-state index contributed by atoms with van der Waals surface area (Å²) in [5, 5.41) is 18.7. The zero-order chi connectivity index (χ0) is 19.0. The van der Waals surface area contributed by atoms with Crippen LogP contribution in [0.15, 0.2) is 18.2 Å². The predicted octanol–water partition coefficient (Wildman–Crippen LogP) is 5.52. The van der Waals surface area contributed by atoms with E-state index in [0.717, 1.165) is 44.9 Å². The van der Waals surface area contributed by atoms with Gasteiger partial charge in [0.15, 0.2) is 0 Å². The molecule has 1 N–H and O–H groups in total. The summed E-state index contributed by atoms with van der Waals surface area (Å²) in [6.07, 6.45) is 10.1. The number of benzene rings is 1. The van der Waals surface area contributed by atoms with Crippen LogP contribution in [0.3, 0.4) is 0 Å². The second-order valence-corrected chi connectivity index (χ2v) is 9.31. The number of fused-ring (bicyclic) bond motifs is 5. The second-order valence-electron chi connectivity index (χ2n) is 9.31. The molecule has 5 atom stereocenters. The Labute approximate surface area is 162 Å². The number of hydrogen-bond acceptors (Lipinski definition) is 3. The minimum absolute atomic E-state index is 0.103. The number of nitrogens with zero attached hydrogens (tertiary/aromatic N) is 1.